The fourth-order valence-electron chi connectivity index (χ4n) is 2.91. The van der Waals surface area contributed by atoms with Crippen LogP contribution in [0.1, 0.15) is 26.2 Å². The van der Waals surface area contributed by atoms with E-state index in [1.54, 1.807) is 23.1 Å². The number of hydrogen-bond acceptors (Lipinski definition) is 4. The summed E-state index contributed by atoms with van der Waals surface area (Å²) in [6.45, 7) is 3.54. The smallest absolute Gasteiger partial charge is 0.238 e. The summed E-state index contributed by atoms with van der Waals surface area (Å²) in [7, 11) is 0. The lowest BCUT2D eigenvalue weighted by atomic mass is 10.0. The fraction of sp³-hybridized carbons (Fsp3) is 0.438. The molecule has 1 aliphatic rings. The zero-order chi connectivity index (χ0) is 16.2. The Hall–Kier alpha value is -1.92. The highest BCUT2D eigenvalue weighted by atomic mass is 35.5. The van der Waals surface area contributed by atoms with Crippen LogP contribution < -0.4 is 5.32 Å². The Bertz CT molecular complexity index is 673. The minimum absolute atomic E-state index is 0.0395. The van der Waals surface area contributed by atoms with Crippen LogP contribution in [0.4, 0.5) is 5.69 Å². The first kappa shape index (κ1) is 16.0. The highest BCUT2D eigenvalue weighted by Crippen LogP contribution is 2.24. The van der Waals surface area contributed by atoms with E-state index in [0.717, 1.165) is 25.1 Å². The number of hydrogen-bond donors (Lipinski definition) is 1. The summed E-state index contributed by atoms with van der Waals surface area (Å²) in [6.07, 6.45) is 6.58. The van der Waals surface area contributed by atoms with Gasteiger partial charge < -0.3 is 5.32 Å². The monoisotopic (exact) mass is 333 g/mol. The summed E-state index contributed by atoms with van der Waals surface area (Å²) in [5.41, 5.74) is 1.38. The number of nitrogens with one attached hydrogen (secondary N) is 1. The lowest BCUT2D eigenvalue weighted by Gasteiger charge is -2.32. The molecule has 0 saturated carbocycles. The number of rotatable bonds is 4. The molecule has 1 fully saturated rings. The van der Waals surface area contributed by atoms with Gasteiger partial charge in [-0.3, -0.25) is 9.69 Å². The number of halogens is 1. The standard InChI is InChI=1S/C16H20ClN5O/c1-12-4-2-3-7-21(12)9-16(23)20-14-8-13(17)5-6-15(14)22-11-18-10-19-22/h5-6,8,10-12H,2-4,7,9H2,1H3,(H,20,23). The van der Waals surface area contributed by atoms with Crippen molar-refractivity contribution < 1.29 is 4.79 Å². The molecule has 1 aromatic heterocycles. The average molecular weight is 334 g/mol. The maximum absolute atomic E-state index is 12.4. The van der Waals surface area contributed by atoms with Gasteiger partial charge in [-0.25, -0.2) is 9.67 Å². The number of piperidine rings is 1. The summed E-state index contributed by atoms with van der Waals surface area (Å²) in [6, 6.07) is 5.76. The molecule has 23 heavy (non-hydrogen) atoms. The van der Waals surface area contributed by atoms with E-state index in [1.165, 1.54) is 12.7 Å². The SMILES string of the molecule is CC1CCCCN1CC(=O)Nc1cc(Cl)ccc1-n1cncn1. The zero-order valence-corrected chi connectivity index (χ0v) is 13.8. The van der Waals surface area contributed by atoms with Crippen LogP contribution in [0, 0.1) is 0 Å². The Kier molecular flexibility index (Phi) is 4.93. The number of aromatic nitrogens is 3. The van der Waals surface area contributed by atoms with Gasteiger partial charge >= 0.3 is 0 Å². The number of nitrogens with zero attached hydrogens (tertiary/aromatic N) is 4. The maximum Gasteiger partial charge on any atom is 0.238 e. The van der Waals surface area contributed by atoms with E-state index in [-0.39, 0.29) is 5.91 Å². The minimum atomic E-state index is -0.0395. The van der Waals surface area contributed by atoms with E-state index in [1.807, 2.05) is 6.07 Å². The summed E-state index contributed by atoms with van der Waals surface area (Å²) >= 11 is 6.07. The Morgan fingerprint density at radius 2 is 2.30 bits per heavy atom. The number of anilines is 1. The van der Waals surface area contributed by atoms with E-state index < -0.39 is 0 Å². The molecular formula is C16H20ClN5O. The van der Waals surface area contributed by atoms with Gasteiger partial charge in [0.2, 0.25) is 5.91 Å². The van der Waals surface area contributed by atoms with Gasteiger partial charge in [-0.05, 0) is 44.5 Å². The molecule has 1 aliphatic heterocycles. The van der Waals surface area contributed by atoms with Crippen LogP contribution in [0.5, 0.6) is 0 Å². The van der Waals surface area contributed by atoms with Crippen molar-refractivity contribution >= 4 is 23.2 Å². The van der Waals surface area contributed by atoms with Crippen LogP contribution in [0.25, 0.3) is 5.69 Å². The molecular weight excluding hydrogens is 314 g/mol. The third kappa shape index (κ3) is 3.89. The Morgan fingerprint density at radius 3 is 3.04 bits per heavy atom. The number of amides is 1. The molecule has 1 amide bonds. The summed E-state index contributed by atoms with van der Waals surface area (Å²) in [5, 5.41) is 7.63. The highest BCUT2D eigenvalue weighted by Gasteiger charge is 2.21. The summed E-state index contributed by atoms with van der Waals surface area (Å²) in [4.78, 5) is 18.6. The Labute approximate surface area is 140 Å². The molecule has 1 unspecified atom stereocenters. The molecule has 1 atom stereocenters. The second-order valence-electron chi connectivity index (χ2n) is 5.86. The molecule has 6 nitrogen and oxygen atoms in total. The van der Waals surface area contributed by atoms with Crippen molar-refractivity contribution in [1.29, 1.82) is 0 Å². The minimum Gasteiger partial charge on any atom is -0.323 e. The molecule has 0 bridgehead atoms. The van der Waals surface area contributed by atoms with Crippen LogP contribution in [0.3, 0.4) is 0 Å². The van der Waals surface area contributed by atoms with E-state index in [0.29, 0.717) is 23.3 Å². The first-order valence-electron chi connectivity index (χ1n) is 7.82. The second kappa shape index (κ2) is 7.10. The number of benzene rings is 1. The van der Waals surface area contributed by atoms with Gasteiger partial charge in [0.15, 0.2) is 0 Å². The number of carbonyl (C=O) groups is 1. The van der Waals surface area contributed by atoms with Crippen LogP contribution >= 0.6 is 11.6 Å². The zero-order valence-electron chi connectivity index (χ0n) is 13.1. The van der Waals surface area contributed by atoms with Crippen LogP contribution in [0.15, 0.2) is 30.9 Å². The van der Waals surface area contributed by atoms with Gasteiger partial charge in [-0.15, -0.1) is 0 Å². The quantitative estimate of drug-likeness (QED) is 0.934. The molecule has 1 aromatic carbocycles. The maximum atomic E-state index is 12.4. The Morgan fingerprint density at radius 1 is 1.43 bits per heavy atom. The first-order valence-corrected chi connectivity index (χ1v) is 8.20. The van der Waals surface area contributed by atoms with Crippen LogP contribution in [0.2, 0.25) is 5.02 Å². The first-order chi connectivity index (χ1) is 11.1. The van der Waals surface area contributed by atoms with Crippen LogP contribution in [-0.4, -0.2) is 44.7 Å². The molecule has 2 aromatic rings. The molecule has 3 rings (SSSR count). The third-order valence-electron chi connectivity index (χ3n) is 4.19. The second-order valence-corrected chi connectivity index (χ2v) is 6.30. The summed E-state index contributed by atoms with van der Waals surface area (Å²) in [5.74, 6) is -0.0395. The van der Waals surface area contributed by atoms with Gasteiger partial charge in [0.05, 0.1) is 17.9 Å². The molecule has 0 spiro atoms. The van der Waals surface area contributed by atoms with Gasteiger partial charge in [0.25, 0.3) is 0 Å². The fourth-order valence-corrected chi connectivity index (χ4v) is 3.08. The van der Waals surface area contributed by atoms with Crippen molar-refractivity contribution in [2.24, 2.45) is 0 Å². The molecule has 0 radical (unpaired) electrons. The third-order valence-corrected chi connectivity index (χ3v) is 4.42. The topological polar surface area (TPSA) is 63.1 Å². The van der Waals surface area contributed by atoms with Crippen molar-refractivity contribution in [1.82, 2.24) is 19.7 Å². The molecule has 0 aliphatic carbocycles. The van der Waals surface area contributed by atoms with E-state index in [9.17, 15) is 4.79 Å². The van der Waals surface area contributed by atoms with E-state index in [4.69, 9.17) is 11.6 Å². The van der Waals surface area contributed by atoms with Crippen LogP contribution in [-0.2, 0) is 4.79 Å². The van der Waals surface area contributed by atoms with Crippen molar-refractivity contribution in [3.8, 4) is 5.69 Å². The largest absolute Gasteiger partial charge is 0.323 e. The molecule has 1 saturated heterocycles. The van der Waals surface area contributed by atoms with Gasteiger partial charge in [0.1, 0.15) is 12.7 Å². The Balaban J connectivity index is 1.74. The predicted octanol–water partition coefficient (Wildman–Crippen LogP) is 2.73. The average Bonchev–Trinajstić information content (AvgIpc) is 3.04. The van der Waals surface area contributed by atoms with Crippen molar-refractivity contribution in [2.45, 2.75) is 32.2 Å². The normalized spacial score (nSPS) is 18.8. The van der Waals surface area contributed by atoms with E-state index in [2.05, 4.69) is 27.2 Å². The lowest BCUT2D eigenvalue weighted by molar-refractivity contribution is -0.118. The molecule has 7 heteroatoms. The molecule has 1 N–H and O–H groups in total. The predicted molar refractivity (Wildman–Crippen MR) is 89.9 cm³/mol. The molecule has 2 heterocycles. The van der Waals surface area contributed by atoms with Gasteiger partial charge in [-0.1, -0.05) is 18.0 Å². The van der Waals surface area contributed by atoms with Gasteiger partial charge in [0, 0.05) is 11.1 Å². The van der Waals surface area contributed by atoms with Crippen molar-refractivity contribution in [2.75, 3.05) is 18.4 Å². The van der Waals surface area contributed by atoms with Crippen molar-refractivity contribution in [3.05, 3.63) is 35.9 Å². The van der Waals surface area contributed by atoms with Crippen molar-refractivity contribution in [3.63, 3.8) is 0 Å². The lowest BCUT2D eigenvalue weighted by Crippen LogP contribution is -2.42. The van der Waals surface area contributed by atoms with E-state index >= 15 is 0 Å². The van der Waals surface area contributed by atoms with Gasteiger partial charge in [-0.2, -0.15) is 5.10 Å². The summed E-state index contributed by atoms with van der Waals surface area (Å²) < 4.78 is 1.61. The number of carbonyl (C=O) groups excluding carboxylic acids is 1. The highest BCUT2D eigenvalue weighted by molar-refractivity contribution is 6.31. The molecule has 122 valence electrons. The number of likely N-dealkylation sites (tertiary alicyclic amines) is 1.